The van der Waals surface area contributed by atoms with Gasteiger partial charge >= 0.3 is 6.18 Å². The molecule has 100 valence electrons. The standard InChI is InChI=1S/C11H7BrF3N3O/c12-6-3-1-2-4-7(6)19-9-5-8(11(13,14)15)17-10(16)18-9/h1-5H,(H2,16,17,18). The molecule has 0 unspecified atom stereocenters. The van der Waals surface area contributed by atoms with Crippen molar-refractivity contribution in [1.29, 1.82) is 0 Å². The van der Waals surface area contributed by atoms with E-state index < -0.39 is 17.8 Å². The molecule has 1 aromatic heterocycles. The van der Waals surface area contributed by atoms with E-state index in [0.717, 1.165) is 0 Å². The van der Waals surface area contributed by atoms with Crippen LogP contribution in [0.25, 0.3) is 0 Å². The average molecular weight is 334 g/mol. The van der Waals surface area contributed by atoms with Crippen LogP contribution in [0, 0.1) is 0 Å². The van der Waals surface area contributed by atoms with E-state index in [-0.39, 0.29) is 5.88 Å². The second-order valence-electron chi connectivity index (χ2n) is 3.48. The van der Waals surface area contributed by atoms with E-state index in [1.165, 1.54) is 0 Å². The number of nitrogen functional groups attached to an aromatic ring is 1. The number of anilines is 1. The predicted molar refractivity (Wildman–Crippen MR) is 65.7 cm³/mol. The predicted octanol–water partition coefficient (Wildman–Crippen LogP) is 3.63. The third kappa shape index (κ3) is 3.34. The molecule has 8 heteroatoms. The number of rotatable bonds is 2. The van der Waals surface area contributed by atoms with E-state index in [2.05, 4.69) is 25.9 Å². The molecule has 2 rings (SSSR count). The molecule has 0 aliphatic heterocycles. The maximum absolute atomic E-state index is 12.6. The van der Waals surface area contributed by atoms with Crippen molar-refractivity contribution in [2.75, 3.05) is 5.73 Å². The van der Waals surface area contributed by atoms with Crippen molar-refractivity contribution in [3.8, 4) is 11.6 Å². The molecular weight excluding hydrogens is 327 g/mol. The van der Waals surface area contributed by atoms with E-state index in [0.29, 0.717) is 16.3 Å². The van der Waals surface area contributed by atoms with Crippen molar-refractivity contribution in [2.45, 2.75) is 6.18 Å². The maximum Gasteiger partial charge on any atom is 0.433 e. The van der Waals surface area contributed by atoms with Crippen molar-refractivity contribution in [2.24, 2.45) is 0 Å². The van der Waals surface area contributed by atoms with Crippen LogP contribution in [0.4, 0.5) is 19.1 Å². The van der Waals surface area contributed by atoms with Gasteiger partial charge in [0.25, 0.3) is 0 Å². The van der Waals surface area contributed by atoms with Crippen molar-refractivity contribution in [3.05, 3.63) is 40.5 Å². The average Bonchev–Trinajstić information content (AvgIpc) is 2.30. The molecule has 0 spiro atoms. The third-order valence-corrected chi connectivity index (χ3v) is 2.72. The fraction of sp³-hybridized carbons (Fsp3) is 0.0909. The number of aromatic nitrogens is 2. The SMILES string of the molecule is Nc1nc(Oc2ccccc2Br)cc(C(F)(F)F)n1. The summed E-state index contributed by atoms with van der Waals surface area (Å²) in [6.07, 6.45) is -4.61. The quantitative estimate of drug-likeness (QED) is 0.911. The Labute approximate surface area is 114 Å². The second kappa shape index (κ2) is 5.04. The van der Waals surface area contributed by atoms with Gasteiger partial charge in [0.1, 0.15) is 5.75 Å². The zero-order valence-electron chi connectivity index (χ0n) is 9.28. The lowest BCUT2D eigenvalue weighted by Gasteiger charge is -2.10. The lowest BCUT2D eigenvalue weighted by atomic mass is 10.3. The number of hydrogen-bond acceptors (Lipinski definition) is 4. The van der Waals surface area contributed by atoms with Crippen LogP contribution in [-0.4, -0.2) is 9.97 Å². The Bertz CT molecular complexity index is 604. The molecule has 1 aromatic carbocycles. The van der Waals surface area contributed by atoms with Gasteiger partial charge < -0.3 is 10.5 Å². The molecule has 0 atom stereocenters. The number of benzene rings is 1. The van der Waals surface area contributed by atoms with E-state index >= 15 is 0 Å². The number of hydrogen-bond donors (Lipinski definition) is 1. The van der Waals surface area contributed by atoms with Crippen LogP contribution in [0.1, 0.15) is 5.69 Å². The van der Waals surface area contributed by atoms with Gasteiger partial charge in [0.2, 0.25) is 11.8 Å². The molecule has 0 aliphatic carbocycles. The van der Waals surface area contributed by atoms with Crippen LogP contribution in [0.15, 0.2) is 34.8 Å². The number of alkyl halides is 3. The summed E-state index contributed by atoms with van der Waals surface area (Å²) in [4.78, 5) is 6.73. The van der Waals surface area contributed by atoms with Gasteiger partial charge in [0, 0.05) is 6.07 Å². The Balaban J connectivity index is 2.36. The summed E-state index contributed by atoms with van der Waals surface area (Å²) in [5.74, 6) is -0.447. The first kappa shape index (κ1) is 13.6. The highest BCUT2D eigenvalue weighted by atomic mass is 79.9. The van der Waals surface area contributed by atoms with Gasteiger partial charge in [-0.15, -0.1) is 0 Å². The summed E-state index contributed by atoms with van der Waals surface area (Å²) in [5, 5.41) is 0. The van der Waals surface area contributed by atoms with Crippen LogP contribution in [0.5, 0.6) is 11.6 Å². The van der Waals surface area contributed by atoms with Crippen LogP contribution < -0.4 is 10.5 Å². The second-order valence-corrected chi connectivity index (χ2v) is 4.33. The van der Waals surface area contributed by atoms with Gasteiger partial charge in [-0.2, -0.15) is 18.2 Å². The summed E-state index contributed by atoms with van der Waals surface area (Å²) < 4.78 is 43.5. The topological polar surface area (TPSA) is 61.0 Å². The minimum absolute atomic E-state index is 0.272. The summed E-state index contributed by atoms with van der Waals surface area (Å²) in [5.41, 5.74) is 4.08. The highest BCUT2D eigenvalue weighted by Gasteiger charge is 2.33. The summed E-state index contributed by atoms with van der Waals surface area (Å²) in [6, 6.07) is 7.37. The molecule has 0 radical (unpaired) electrons. The molecule has 0 saturated heterocycles. The van der Waals surface area contributed by atoms with E-state index in [9.17, 15) is 13.2 Å². The molecule has 0 bridgehead atoms. The normalized spacial score (nSPS) is 11.4. The van der Waals surface area contributed by atoms with Gasteiger partial charge in [-0.1, -0.05) is 12.1 Å². The van der Waals surface area contributed by atoms with Gasteiger partial charge in [-0.25, -0.2) is 4.98 Å². The van der Waals surface area contributed by atoms with E-state index in [1.807, 2.05) is 0 Å². The zero-order valence-corrected chi connectivity index (χ0v) is 10.9. The van der Waals surface area contributed by atoms with E-state index in [1.54, 1.807) is 24.3 Å². The summed E-state index contributed by atoms with van der Waals surface area (Å²) in [6.45, 7) is 0. The summed E-state index contributed by atoms with van der Waals surface area (Å²) in [7, 11) is 0. The fourth-order valence-corrected chi connectivity index (χ4v) is 1.65. The smallest absolute Gasteiger partial charge is 0.433 e. The first-order chi connectivity index (χ1) is 8.86. The van der Waals surface area contributed by atoms with Crippen molar-refractivity contribution < 1.29 is 17.9 Å². The molecule has 4 nitrogen and oxygen atoms in total. The first-order valence-electron chi connectivity index (χ1n) is 5.00. The first-order valence-corrected chi connectivity index (χ1v) is 5.79. The van der Waals surface area contributed by atoms with Crippen molar-refractivity contribution in [1.82, 2.24) is 9.97 Å². The lowest BCUT2D eigenvalue weighted by molar-refractivity contribution is -0.141. The zero-order chi connectivity index (χ0) is 14.0. The highest BCUT2D eigenvalue weighted by Crippen LogP contribution is 2.33. The van der Waals surface area contributed by atoms with Crippen molar-refractivity contribution >= 4 is 21.9 Å². The lowest BCUT2D eigenvalue weighted by Crippen LogP contribution is -2.11. The Hall–Kier alpha value is -1.83. The third-order valence-electron chi connectivity index (χ3n) is 2.06. The number of halogens is 4. The molecule has 2 N–H and O–H groups in total. The molecule has 1 heterocycles. The van der Waals surface area contributed by atoms with Gasteiger partial charge in [0.15, 0.2) is 5.69 Å². The fourth-order valence-electron chi connectivity index (χ4n) is 1.28. The van der Waals surface area contributed by atoms with Gasteiger partial charge in [-0.05, 0) is 28.1 Å². The van der Waals surface area contributed by atoms with Crippen LogP contribution in [0.3, 0.4) is 0 Å². The van der Waals surface area contributed by atoms with E-state index in [4.69, 9.17) is 10.5 Å². The van der Waals surface area contributed by atoms with Crippen LogP contribution >= 0.6 is 15.9 Å². The summed E-state index contributed by atoms with van der Waals surface area (Å²) >= 11 is 3.21. The number of para-hydroxylation sites is 1. The Morgan fingerprint density at radius 1 is 1.16 bits per heavy atom. The number of nitrogens with zero attached hydrogens (tertiary/aromatic N) is 2. The Morgan fingerprint density at radius 3 is 2.47 bits per heavy atom. The monoisotopic (exact) mass is 333 g/mol. The largest absolute Gasteiger partial charge is 0.438 e. The van der Waals surface area contributed by atoms with Crippen LogP contribution in [0.2, 0.25) is 0 Å². The highest BCUT2D eigenvalue weighted by molar-refractivity contribution is 9.10. The minimum atomic E-state index is -4.61. The molecule has 0 fully saturated rings. The molecule has 19 heavy (non-hydrogen) atoms. The Morgan fingerprint density at radius 2 is 1.84 bits per heavy atom. The number of nitrogens with two attached hydrogens (primary N) is 1. The molecule has 2 aromatic rings. The van der Waals surface area contributed by atoms with Gasteiger partial charge in [0.05, 0.1) is 4.47 Å². The van der Waals surface area contributed by atoms with Gasteiger partial charge in [-0.3, -0.25) is 0 Å². The molecule has 0 amide bonds. The molecular formula is C11H7BrF3N3O. The number of ether oxygens (including phenoxy) is 1. The molecule has 0 aliphatic rings. The Kier molecular flexibility index (Phi) is 3.61. The van der Waals surface area contributed by atoms with Crippen molar-refractivity contribution in [3.63, 3.8) is 0 Å². The van der Waals surface area contributed by atoms with Crippen LogP contribution in [-0.2, 0) is 6.18 Å². The maximum atomic E-state index is 12.6. The molecule has 0 saturated carbocycles. The minimum Gasteiger partial charge on any atom is -0.438 e.